The second-order valence-electron chi connectivity index (χ2n) is 6.87. The van der Waals surface area contributed by atoms with Crippen molar-refractivity contribution in [2.75, 3.05) is 10.0 Å². The van der Waals surface area contributed by atoms with Crippen molar-refractivity contribution < 1.29 is 17.9 Å². The highest BCUT2D eigenvalue weighted by atomic mass is 32.2. The number of para-hydroxylation sites is 3. The van der Waals surface area contributed by atoms with Crippen LogP contribution in [0.2, 0.25) is 0 Å². The monoisotopic (exact) mass is 464 g/mol. The number of amides is 1. The van der Waals surface area contributed by atoms with Crippen LogP contribution in [-0.2, 0) is 21.2 Å². The second-order valence-corrected chi connectivity index (χ2v) is 9.73. The van der Waals surface area contributed by atoms with E-state index in [0.717, 1.165) is 16.9 Å². The molecule has 4 rings (SSSR count). The molecule has 3 aromatic carbocycles. The number of carbonyl (C=O) groups is 1. The number of nitrogens with one attached hydrogen (secondary N) is 2. The van der Waals surface area contributed by atoms with Crippen LogP contribution in [0.1, 0.15) is 5.56 Å². The summed E-state index contributed by atoms with van der Waals surface area (Å²) in [7, 11) is -3.60. The molecule has 0 aliphatic heterocycles. The van der Waals surface area contributed by atoms with Gasteiger partial charge in [-0.05, 0) is 53.4 Å². The van der Waals surface area contributed by atoms with Crippen LogP contribution in [0.4, 0.5) is 11.4 Å². The molecule has 32 heavy (non-hydrogen) atoms. The molecular weight excluding hydrogens is 444 g/mol. The normalized spacial score (nSPS) is 11.0. The van der Waals surface area contributed by atoms with Gasteiger partial charge in [-0.2, -0.15) is 0 Å². The molecule has 4 aromatic rings. The Bertz CT molecular complexity index is 1290. The Morgan fingerprint density at radius 2 is 1.56 bits per heavy atom. The molecule has 1 amide bonds. The third-order valence-corrected chi connectivity index (χ3v) is 7.24. The van der Waals surface area contributed by atoms with Gasteiger partial charge in [0, 0.05) is 5.69 Å². The minimum Gasteiger partial charge on any atom is -0.455 e. The van der Waals surface area contributed by atoms with E-state index >= 15 is 0 Å². The summed E-state index contributed by atoms with van der Waals surface area (Å²) < 4.78 is 33.3. The van der Waals surface area contributed by atoms with E-state index in [0.29, 0.717) is 22.9 Å². The Morgan fingerprint density at radius 3 is 2.28 bits per heavy atom. The summed E-state index contributed by atoms with van der Waals surface area (Å²) in [6.07, 6.45) is 0.137. The van der Waals surface area contributed by atoms with Gasteiger partial charge >= 0.3 is 0 Å². The summed E-state index contributed by atoms with van der Waals surface area (Å²) in [5.41, 5.74) is 1.76. The molecule has 0 atom stereocenters. The molecular formula is C24H20N2O4S2. The van der Waals surface area contributed by atoms with Gasteiger partial charge in [0.25, 0.3) is 10.0 Å². The molecule has 0 saturated carbocycles. The molecule has 8 heteroatoms. The van der Waals surface area contributed by atoms with Crippen molar-refractivity contribution in [3.63, 3.8) is 0 Å². The molecule has 1 heterocycles. The van der Waals surface area contributed by atoms with Crippen LogP contribution < -0.4 is 14.8 Å². The maximum Gasteiger partial charge on any atom is 0.271 e. The lowest BCUT2D eigenvalue weighted by atomic mass is 10.1. The Morgan fingerprint density at radius 1 is 0.844 bits per heavy atom. The second kappa shape index (κ2) is 9.67. The predicted octanol–water partition coefficient (Wildman–Crippen LogP) is 5.52. The smallest absolute Gasteiger partial charge is 0.271 e. The van der Waals surface area contributed by atoms with Crippen molar-refractivity contribution in [3.05, 3.63) is 102 Å². The van der Waals surface area contributed by atoms with E-state index in [1.165, 1.54) is 0 Å². The quantitative estimate of drug-likeness (QED) is 0.359. The summed E-state index contributed by atoms with van der Waals surface area (Å²) >= 11 is 1.15. The van der Waals surface area contributed by atoms with Gasteiger partial charge in [0.1, 0.15) is 9.96 Å². The molecule has 0 bridgehead atoms. The molecule has 0 spiro atoms. The fourth-order valence-corrected chi connectivity index (χ4v) is 5.02. The fourth-order valence-electron chi connectivity index (χ4n) is 2.97. The lowest BCUT2D eigenvalue weighted by Gasteiger charge is -2.12. The maximum atomic E-state index is 12.6. The SMILES string of the molecule is O=C(Cc1ccc(NS(=O)(=O)c2cccs2)cc1)Nc1ccccc1Oc1ccccc1. The van der Waals surface area contributed by atoms with Crippen molar-refractivity contribution in [3.8, 4) is 11.5 Å². The third-order valence-electron chi connectivity index (χ3n) is 4.46. The molecule has 0 radical (unpaired) electrons. The Hall–Kier alpha value is -3.62. The molecule has 1 aromatic heterocycles. The summed E-state index contributed by atoms with van der Waals surface area (Å²) in [6.45, 7) is 0. The maximum absolute atomic E-state index is 12.6. The Balaban J connectivity index is 1.39. The number of carbonyl (C=O) groups excluding carboxylic acids is 1. The van der Waals surface area contributed by atoms with E-state index in [4.69, 9.17) is 4.74 Å². The largest absolute Gasteiger partial charge is 0.455 e. The molecule has 0 aliphatic carbocycles. The number of hydrogen-bond acceptors (Lipinski definition) is 5. The van der Waals surface area contributed by atoms with Gasteiger partial charge in [0.2, 0.25) is 5.91 Å². The van der Waals surface area contributed by atoms with E-state index in [9.17, 15) is 13.2 Å². The average molecular weight is 465 g/mol. The van der Waals surface area contributed by atoms with Crippen LogP contribution >= 0.6 is 11.3 Å². The highest BCUT2D eigenvalue weighted by molar-refractivity contribution is 7.94. The predicted molar refractivity (Wildman–Crippen MR) is 127 cm³/mol. The highest BCUT2D eigenvalue weighted by Crippen LogP contribution is 2.29. The van der Waals surface area contributed by atoms with E-state index in [1.54, 1.807) is 53.9 Å². The van der Waals surface area contributed by atoms with Gasteiger partial charge in [-0.15, -0.1) is 11.3 Å². The van der Waals surface area contributed by atoms with Gasteiger partial charge in [-0.3, -0.25) is 9.52 Å². The first-order chi connectivity index (χ1) is 15.5. The van der Waals surface area contributed by atoms with Crippen LogP contribution in [0.5, 0.6) is 11.5 Å². The van der Waals surface area contributed by atoms with Gasteiger partial charge < -0.3 is 10.1 Å². The number of anilines is 2. The molecule has 0 unspecified atom stereocenters. The summed E-state index contributed by atoms with van der Waals surface area (Å²) in [6, 6.07) is 26.5. The van der Waals surface area contributed by atoms with Gasteiger partial charge in [-0.1, -0.05) is 48.5 Å². The lowest BCUT2D eigenvalue weighted by molar-refractivity contribution is -0.115. The Kier molecular flexibility index (Phi) is 6.53. The summed E-state index contributed by atoms with van der Waals surface area (Å²) in [5, 5.41) is 4.58. The first kappa shape index (κ1) is 21.6. The van der Waals surface area contributed by atoms with E-state index in [-0.39, 0.29) is 16.5 Å². The minimum atomic E-state index is -3.60. The molecule has 162 valence electrons. The lowest BCUT2D eigenvalue weighted by Crippen LogP contribution is -2.15. The van der Waals surface area contributed by atoms with Crippen molar-refractivity contribution in [1.82, 2.24) is 0 Å². The summed E-state index contributed by atoms with van der Waals surface area (Å²) in [5.74, 6) is 1.01. The average Bonchev–Trinajstić information content (AvgIpc) is 3.33. The molecule has 0 saturated heterocycles. The minimum absolute atomic E-state index is 0.137. The topological polar surface area (TPSA) is 84.5 Å². The number of rotatable bonds is 8. The number of sulfonamides is 1. The first-order valence-electron chi connectivity index (χ1n) is 9.77. The zero-order valence-corrected chi connectivity index (χ0v) is 18.5. The van der Waals surface area contributed by atoms with E-state index in [2.05, 4.69) is 10.0 Å². The number of ether oxygens (including phenoxy) is 1. The number of thiophene rings is 1. The fraction of sp³-hybridized carbons (Fsp3) is 0.0417. The van der Waals surface area contributed by atoms with E-state index < -0.39 is 10.0 Å². The van der Waals surface area contributed by atoms with Gasteiger partial charge in [-0.25, -0.2) is 8.42 Å². The number of benzene rings is 3. The zero-order valence-electron chi connectivity index (χ0n) is 16.9. The Labute approximate surface area is 190 Å². The van der Waals surface area contributed by atoms with E-state index in [1.807, 2.05) is 42.5 Å². The number of hydrogen-bond donors (Lipinski definition) is 2. The van der Waals surface area contributed by atoms with Crippen LogP contribution in [0, 0.1) is 0 Å². The zero-order chi connectivity index (χ0) is 22.4. The van der Waals surface area contributed by atoms with Gasteiger partial charge in [0.05, 0.1) is 12.1 Å². The van der Waals surface area contributed by atoms with Crippen molar-refractivity contribution >= 4 is 38.6 Å². The standard InChI is InChI=1S/C24H20N2O4S2/c27-23(25-21-9-4-5-10-22(21)30-20-7-2-1-3-8-20)17-18-12-14-19(15-13-18)26-32(28,29)24-11-6-16-31-24/h1-16,26H,17H2,(H,25,27). The third kappa shape index (κ3) is 5.54. The molecule has 6 nitrogen and oxygen atoms in total. The summed E-state index contributed by atoms with van der Waals surface area (Å²) in [4.78, 5) is 12.6. The van der Waals surface area contributed by atoms with Crippen LogP contribution in [0.25, 0.3) is 0 Å². The van der Waals surface area contributed by atoms with Gasteiger partial charge in [0.15, 0.2) is 5.75 Å². The highest BCUT2D eigenvalue weighted by Gasteiger charge is 2.15. The molecule has 0 aliphatic rings. The van der Waals surface area contributed by atoms with Crippen molar-refractivity contribution in [2.45, 2.75) is 10.6 Å². The molecule has 2 N–H and O–H groups in total. The van der Waals surface area contributed by atoms with Crippen LogP contribution in [0.15, 0.2) is 101 Å². The first-order valence-corrected chi connectivity index (χ1v) is 12.1. The van der Waals surface area contributed by atoms with Crippen LogP contribution in [0.3, 0.4) is 0 Å². The van der Waals surface area contributed by atoms with Crippen molar-refractivity contribution in [1.29, 1.82) is 0 Å². The van der Waals surface area contributed by atoms with Crippen molar-refractivity contribution in [2.24, 2.45) is 0 Å². The molecule has 0 fully saturated rings. The van der Waals surface area contributed by atoms with Crippen LogP contribution in [-0.4, -0.2) is 14.3 Å².